The van der Waals surface area contributed by atoms with E-state index in [9.17, 15) is 33.6 Å². The molecule has 5 amide bonds. The molecule has 312 valence electrons. The van der Waals surface area contributed by atoms with Gasteiger partial charge in [0.25, 0.3) is 0 Å². The Balaban J connectivity index is 0.000000561. The Morgan fingerprint density at radius 3 is 2.02 bits per heavy atom. The van der Waals surface area contributed by atoms with Crippen LogP contribution in [0.25, 0.3) is 0 Å². The fourth-order valence-corrected chi connectivity index (χ4v) is 5.86. The van der Waals surface area contributed by atoms with Crippen molar-refractivity contribution in [2.75, 3.05) is 53.1 Å². The molecule has 15 nitrogen and oxygen atoms in total. The SMILES string of the molecule is C#CCC(C(=O)NC(C)C=O)N(C)C(=O)C1CCCN1C(=O)CC(C)OC(=O)C1CCCN1C.CNCC(=O)NC.Cc1ccccc1.O=CNc1ccccc1. The number of likely N-dealkylation sites (tertiary alicyclic amines) is 2. The number of carbonyl (C=O) groups excluding carboxylic acids is 7. The van der Waals surface area contributed by atoms with Crippen molar-refractivity contribution in [3.05, 3.63) is 66.2 Å². The minimum atomic E-state index is -0.958. The van der Waals surface area contributed by atoms with E-state index < -0.39 is 36.0 Å². The summed E-state index contributed by atoms with van der Waals surface area (Å²) in [7, 11) is 6.69. The van der Waals surface area contributed by atoms with E-state index in [-0.39, 0.29) is 36.7 Å². The van der Waals surface area contributed by atoms with Crippen molar-refractivity contribution in [2.24, 2.45) is 0 Å². The number of carbonyl (C=O) groups is 7. The lowest BCUT2D eigenvalue weighted by Gasteiger charge is -2.32. The van der Waals surface area contributed by atoms with Crippen LogP contribution in [-0.4, -0.2) is 135 Å². The Morgan fingerprint density at radius 2 is 1.54 bits per heavy atom. The summed E-state index contributed by atoms with van der Waals surface area (Å²) in [6.07, 6.45) is 8.76. The minimum absolute atomic E-state index is 0.0162. The second-order valence-electron chi connectivity index (χ2n) is 13.6. The number of likely N-dealkylation sites (N-methyl/N-ethyl adjacent to an activating group) is 4. The van der Waals surface area contributed by atoms with Gasteiger partial charge in [-0.3, -0.25) is 33.7 Å². The van der Waals surface area contributed by atoms with Crippen LogP contribution >= 0.6 is 0 Å². The summed E-state index contributed by atoms with van der Waals surface area (Å²) < 4.78 is 5.50. The van der Waals surface area contributed by atoms with Crippen molar-refractivity contribution in [1.82, 2.24) is 30.7 Å². The smallest absolute Gasteiger partial charge is 0.323 e. The second-order valence-corrected chi connectivity index (χ2v) is 13.6. The maximum Gasteiger partial charge on any atom is 0.323 e. The molecule has 2 aromatic carbocycles. The molecule has 4 N–H and O–H groups in total. The first-order valence-corrected chi connectivity index (χ1v) is 19.0. The van der Waals surface area contributed by atoms with Gasteiger partial charge in [0.15, 0.2) is 0 Å². The summed E-state index contributed by atoms with van der Waals surface area (Å²) in [6, 6.07) is 16.9. The number of anilines is 1. The van der Waals surface area contributed by atoms with E-state index >= 15 is 0 Å². The van der Waals surface area contributed by atoms with Crippen molar-refractivity contribution in [3.63, 3.8) is 0 Å². The van der Waals surface area contributed by atoms with E-state index in [1.807, 2.05) is 60.5 Å². The lowest BCUT2D eigenvalue weighted by Crippen LogP contribution is -2.55. The summed E-state index contributed by atoms with van der Waals surface area (Å²) in [4.78, 5) is 86.9. The summed E-state index contributed by atoms with van der Waals surface area (Å²) in [5.74, 6) is 0.881. The Bertz CT molecular complexity index is 1590. The van der Waals surface area contributed by atoms with Crippen LogP contribution in [0.4, 0.5) is 5.69 Å². The van der Waals surface area contributed by atoms with Gasteiger partial charge in [-0.1, -0.05) is 54.1 Å². The highest BCUT2D eigenvalue weighted by atomic mass is 16.5. The molecule has 2 saturated heterocycles. The molecular formula is C42H61N7O8. The molecule has 57 heavy (non-hydrogen) atoms. The van der Waals surface area contributed by atoms with Gasteiger partial charge in [-0.15, -0.1) is 12.3 Å². The molecule has 0 spiro atoms. The summed E-state index contributed by atoms with van der Waals surface area (Å²) in [5, 5.41) is 10.2. The first-order chi connectivity index (χ1) is 27.2. The predicted molar refractivity (Wildman–Crippen MR) is 220 cm³/mol. The number of nitrogens with one attached hydrogen (secondary N) is 4. The number of rotatable bonds is 14. The third kappa shape index (κ3) is 18.7. The number of benzene rings is 2. The van der Waals surface area contributed by atoms with Crippen LogP contribution in [0.15, 0.2) is 60.7 Å². The molecule has 2 heterocycles. The topological polar surface area (TPSA) is 187 Å². The second kappa shape index (κ2) is 27.9. The van der Waals surface area contributed by atoms with Gasteiger partial charge in [-0.05, 0) is 79.2 Å². The summed E-state index contributed by atoms with van der Waals surface area (Å²) in [5.41, 5.74) is 2.15. The average Bonchev–Trinajstić information content (AvgIpc) is 3.87. The van der Waals surface area contributed by atoms with E-state index in [0.717, 1.165) is 25.1 Å². The lowest BCUT2D eigenvalue weighted by atomic mass is 10.1. The zero-order valence-electron chi connectivity index (χ0n) is 34.4. The van der Waals surface area contributed by atoms with Crippen LogP contribution in [0.2, 0.25) is 0 Å². The molecular weight excluding hydrogens is 731 g/mol. The first kappa shape index (κ1) is 49.4. The van der Waals surface area contributed by atoms with Gasteiger partial charge in [-0.25, -0.2) is 0 Å². The summed E-state index contributed by atoms with van der Waals surface area (Å²) >= 11 is 0. The van der Waals surface area contributed by atoms with E-state index in [4.69, 9.17) is 11.2 Å². The fraction of sp³-hybridized carbons (Fsp3) is 0.500. The van der Waals surface area contributed by atoms with Gasteiger partial charge in [0.2, 0.25) is 30.0 Å². The zero-order chi connectivity index (χ0) is 42.8. The third-order valence-corrected chi connectivity index (χ3v) is 8.99. The fourth-order valence-electron chi connectivity index (χ4n) is 5.86. The van der Waals surface area contributed by atoms with Crippen molar-refractivity contribution >= 4 is 48.0 Å². The maximum absolute atomic E-state index is 13.2. The number of amides is 5. The first-order valence-electron chi connectivity index (χ1n) is 19.0. The molecule has 2 aliphatic heterocycles. The van der Waals surface area contributed by atoms with Crippen LogP contribution in [0.1, 0.15) is 57.9 Å². The van der Waals surface area contributed by atoms with Gasteiger partial charge in [0.1, 0.15) is 30.5 Å². The van der Waals surface area contributed by atoms with Crippen molar-refractivity contribution in [3.8, 4) is 12.3 Å². The van der Waals surface area contributed by atoms with Gasteiger partial charge in [-0.2, -0.15) is 0 Å². The molecule has 2 fully saturated rings. The Hall–Kier alpha value is -5.59. The molecule has 2 aliphatic rings. The Kier molecular flexibility index (Phi) is 24.2. The molecule has 0 radical (unpaired) electrons. The van der Waals surface area contributed by atoms with Gasteiger partial charge in [0, 0.05) is 32.7 Å². The standard InChI is InChI=1S/C24H36N4O6.C7H7NO.C7H8.C4H10N2O/c1-6-9-18(22(31)25-16(2)15-29)27(5)23(32)19-10-8-13-28(19)21(30)14-17(3)34-24(33)20-11-7-12-26(20)4;9-6-8-7-4-2-1-3-5-7;1-7-5-3-2-4-6-7;1-5-3-4(7)6-2/h1,15-20H,7-14H2,2-5H3,(H,25,31);1-6H,(H,8,9);2-6H,1H3;5H,3H2,1-2H3,(H,6,7). The van der Waals surface area contributed by atoms with Crippen LogP contribution < -0.4 is 21.3 Å². The Labute approximate surface area is 337 Å². The zero-order valence-corrected chi connectivity index (χ0v) is 34.4. The van der Waals surface area contributed by atoms with Gasteiger partial charge in [0.05, 0.1) is 19.0 Å². The molecule has 15 heteroatoms. The third-order valence-electron chi connectivity index (χ3n) is 8.99. The Morgan fingerprint density at radius 1 is 0.947 bits per heavy atom. The monoisotopic (exact) mass is 791 g/mol. The number of terminal acetylenes is 1. The van der Waals surface area contributed by atoms with Crippen molar-refractivity contribution in [1.29, 1.82) is 0 Å². The molecule has 0 aliphatic carbocycles. The van der Waals surface area contributed by atoms with E-state index in [2.05, 4.69) is 46.2 Å². The predicted octanol–water partition coefficient (Wildman–Crippen LogP) is 2.15. The van der Waals surface area contributed by atoms with Crippen molar-refractivity contribution in [2.45, 2.75) is 89.6 Å². The maximum atomic E-state index is 13.2. The molecule has 0 aromatic heterocycles. The molecule has 0 bridgehead atoms. The normalized spacial score (nSPS) is 17.1. The van der Waals surface area contributed by atoms with E-state index in [1.54, 1.807) is 21.0 Å². The number of nitrogens with zero attached hydrogens (tertiary/aromatic N) is 3. The van der Waals surface area contributed by atoms with E-state index in [0.29, 0.717) is 38.6 Å². The van der Waals surface area contributed by atoms with Crippen LogP contribution in [0.5, 0.6) is 0 Å². The highest BCUT2D eigenvalue weighted by Crippen LogP contribution is 2.23. The highest BCUT2D eigenvalue weighted by molar-refractivity contribution is 5.93. The number of hydrogen-bond donors (Lipinski definition) is 4. The lowest BCUT2D eigenvalue weighted by molar-refractivity contribution is -0.156. The molecule has 4 rings (SSSR count). The van der Waals surface area contributed by atoms with Gasteiger partial charge >= 0.3 is 5.97 Å². The average molecular weight is 792 g/mol. The number of hydrogen-bond acceptors (Lipinski definition) is 10. The highest BCUT2D eigenvalue weighted by Gasteiger charge is 2.39. The van der Waals surface area contributed by atoms with Crippen molar-refractivity contribution < 1.29 is 38.3 Å². The van der Waals surface area contributed by atoms with E-state index in [1.165, 1.54) is 29.3 Å². The summed E-state index contributed by atoms with van der Waals surface area (Å²) in [6.45, 7) is 6.92. The number of ether oxygens (including phenoxy) is 1. The van der Waals surface area contributed by atoms with Gasteiger partial charge < -0.3 is 40.6 Å². The van der Waals surface area contributed by atoms with Crippen LogP contribution in [0.3, 0.4) is 0 Å². The number of aldehydes is 1. The quantitative estimate of drug-likeness (QED) is 0.126. The number of esters is 1. The number of para-hydroxylation sites is 1. The van der Waals surface area contributed by atoms with Crippen LogP contribution in [0, 0.1) is 19.3 Å². The van der Waals surface area contributed by atoms with Crippen LogP contribution in [-0.2, 0) is 38.3 Å². The minimum Gasteiger partial charge on any atom is -0.461 e. The molecule has 0 saturated carbocycles. The largest absolute Gasteiger partial charge is 0.461 e. The number of aryl methyl sites for hydroxylation is 1. The molecule has 2 aromatic rings. The molecule has 5 atom stereocenters. The molecule has 5 unspecified atom stereocenters.